The van der Waals surface area contributed by atoms with E-state index in [1.165, 1.54) is 0 Å². The van der Waals surface area contributed by atoms with E-state index in [4.69, 9.17) is 4.74 Å². The molecular formula is C14H29Na2O5P. The van der Waals surface area contributed by atoms with Crippen LogP contribution in [0.3, 0.4) is 0 Å². The Morgan fingerprint density at radius 3 is 1.82 bits per heavy atom. The van der Waals surface area contributed by atoms with E-state index in [9.17, 15) is 14.6 Å². The summed E-state index contributed by atoms with van der Waals surface area (Å²) in [6.07, 6.45) is 1.61. The smallest absolute Gasteiger partial charge is 0.820 e. The molecule has 0 saturated heterocycles. The topological polar surface area (TPSA) is 81.7 Å². The number of ether oxygens (including phenoxy) is 1. The van der Waals surface area contributed by atoms with Gasteiger partial charge >= 0.3 is 65.1 Å². The SMILES string of the molecule is CC.CCCC(C)(C(=O)OCCOP([O-])[O-])C(C)(C)C.[Na+].[Na+]. The van der Waals surface area contributed by atoms with Crippen molar-refractivity contribution in [3.63, 3.8) is 0 Å². The molecule has 0 aromatic heterocycles. The molecule has 122 valence electrons. The summed E-state index contributed by atoms with van der Waals surface area (Å²) < 4.78 is 9.43. The van der Waals surface area contributed by atoms with Gasteiger partial charge in [0.1, 0.15) is 6.61 Å². The van der Waals surface area contributed by atoms with E-state index in [-0.39, 0.29) is 83.7 Å². The molecule has 0 rings (SSSR count). The van der Waals surface area contributed by atoms with Crippen LogP contribution in [0.2, 0.25) is 0 Å². The molecule has 0 aliphatic heterocycles. The summed E-state index contributed by atoms with van der Waals surface area (Å²) in [6.45, 7) is 13.7. The third kappa shape index (κ3) is 12.2. The molecule has 0 saturated carbocycles. The van der Waals surface area contributed by atoms with Gasteiger partial charge in [0.2, 0.25) is 0 Å². The zero-order chi connectivity index (χ0) is 16.4. The Hall–Kier alpha value is 1.78. The summed E-state index contributed by atoms with van der Waals surface area (Å²) in [5.41, 5.74) is -0.800. The van der Waals surface area contributed by atoms with Crippen molar-refractivity contribution >= 4 is 14.6 Å². The summed E-state index contributed by atoms with van der Waals surface area (Å²) in [4.78, 5) is 32.5. The first-order chi connectivity index (χ1) is 9.15. The van der Waals surface area contributed by atoms with E-state index in [1.54, 1.807) is 0 Å². The maximum atomic E-state index is 12.1. The fraction of sp³-hybridized carbons (Fsp3) is 0.929. The van der Waals surface area contributed by atoms with Gasteiger partial charge in [-0.25, -0.2) is 0 Å². The standard InChI is InChI=1S/C12H23O5P.C2H6.2Na/c1-6-7-12(5,11(2,3)4)10(13)16-8-9-17-18(14)15;1-2;;/h6-9H2,1-5H3;1-2H3;;/q-2;;2*+1. The van der Waals surface area contributed by atoms with Crippen LogP contribution in [0.4, 0.5) is 0 Å². The molecule has 1 unspecified atom stereocenters. The fourth-order valence-electron chi connectivity index (χ4n) is 1.69. The molecule has 0 aromatic carbocycles. The van der Waals surface area contributed by atoms with Crippen LogP contribution in [0.15, 0.2) is 0 Å². The second-order valence-electron chi connectivity index (χ2n) is 5.52. The first kappa shape index (κ1) is 31.5. The van der Waals surface area contributed by atoms with Crippen LogP contribution in [-0.4, -0.2) is 19.2 Å². The van der Waals surface area contributed by atoms with Gasteiger partial charge in [-0.1, -0.05) is 48.0 Å². The molecule has 0 fully saturated rings. The summed E-state index contributed by atoms with van der Waals surface area (Å²) in [5.74, 6) is -0.304. The van der Waals surface area contributed by atoms with Gasteiger partial charge in [-0.15, -0.1) is 0 Å². The predicted octanol–water partition coefficient (Wildman–Crippen LogP) is -3.62. The maximum Gasteiger partial charge on any atom is 1.00 e. The van der Waals surface area contributed by atoms with Crippen molar-refractivity contribution in [3.8, 4) is 0 Å². The van der Waals surface area contributed by atoms with Crippen LogP contribution in [0, 0.1) is 10.8 Å². The van der Waals surface area contributed by atoms with Crippen molar-refractivity contribution in [3.05, 3.63) is 0 Å². The number of rotatable bonds is 7. The molecule has 0 bridgehead atoms. The van der Waals surface area contributed by atoms with Crippen molar-refractivity contribution in [2.75, 3.05) is 13.2 Å². The molecule has 0 N–H and O–H groups in total. The van der Waals surface area contributed by atoms with Gasteiger partial charge in [-0.3, -0.25) is 4.79 Å². The minimum Gasteiger partial charge on any atom is -0.820 e. The number of carbonyl (C=O) groups is 1. The fourth-order valence-corrected chi connectivity index (χ4v) is 1.91. The van der Waals surface area contributed by atoms with Gasteiger partial charge < -0.3 is 19.0 Å². The molecule has 0 aromatic rings. The van der Waals surface area contributed by atoms with Crippen LogP contribution >= 0.6 is 8.60 Å². The molecule has 0 spiro atoms. The van der Waals surface area contributed by atoms with Crippen molar-refractivity contribution < 1.29 is 83.0 Å². The third-order valence-electron chi connectivity index (χ3n) is 3.37. The van der Waals surface area contributed by atoms with Crippen molar-refractivity contribution in [2.45, 2.75) is 61.3 Å². The number of hydrogen-bond donors (Lipinski definition) is 0. The van der Waals surface area contributed by atoms with Gasteiger partial charge in [-0.05, 0) is 18.8 Å². The second kappa shape index (κ2) is 16.3. The van der Waals surface area contributed by atoms with Gasteiger partial charge in [0, 0.05) is 0 Å². The Morgan fingerprint density at radius 2 is 1.50 bits per heavy atom. The summed E-state index contributed by atoms with van der Waals surface area (Å²) >= 11 is 0. The molecule has 0 amide bonds. The molecule has 1 atom stereocenters. The van der Waals surface area contributed by atoms with E-state index >= 15 is 0 Å². The summed E-state index contributed by atoms with van der Waals surface area (Å²) in [6, 6.07) is 0. The van der Waals surface area contributed by atoms with Crippen LogP contribution < -0.4 is 68.9 Å². The zero-order valence-electron chi connectivity index (χ0n) is 15.8. The van der Waals surface area contributed by atoms with Crippen LogP contribution in [0.25, 0.3) is 0 Å². The number of esters is 1. The first-order valence-corrected chi connectivity index (χ1v) is 8.19. The Kier molecular flexibility index (Phi) is 23.3. The maximum absolute atomic E-state index is 12.1. The zero-order valence-corrected chi connectivity index (χ0v) is 20.7. The molecule has 0 aliphatic rings. The molecule has 22 heavy (non-hydrogen) atoms. The Balaban J connectivity index is -0.000000387. The monoisotopic (exact) mass is 354 g/mol. The molecule has 0 aliphatic carbocycles. The Morgan fingerprint density at radius 1 is 1.05 bits per heavy atom. The molecule has 5 nitrogen and oxygen atoms in total. The summed E-state index contributed by atoms with van der Waals surface area (Å²) in [5, 5.41) is 0. The summed E-state index contributed by atoms with van der Waals surface area (Å²) in [7, 11) is -2.88. The normalized spacial score (nSPS) is 13.0. The van der Waals surface area contributed by atoms with Gasteiger partial charge in [-0.2, -0.15) is 8.60 Å². The van der Waals surface area contributed by atoms with E-state index in [1.807, 2.05) is 48.5 Å². The van der Waals surface area contributed by atoms with Crippen molar-refractivity contribution in [1.29, 1.82) is 0 Å². The van der Waals surface area contributed by atoms with Crippen molar-refractivity contribution in [1.82, 2.24) is 0 Å². The van der Waals surface area contributed by atoms with Crippen LogP contribution in [-0.2, 0) is 14.1 Å². The van der Waals surface area contributed by atoms with Crippen LogP contribution in [0.5, 0.6) is 0 Å². The largest absolute Gasteiger partial charge is 1.00 e. The molecular weight excluding hydrogens is 325 g/mol. The molecule has 0 heterocycles. The second-order valence-corrected chi connectivity index (χ2v) is 6.23. The van der Waals surface area contributed by atoms with E-state index in [0.29, 0.717) is 0 Å². The number of hydrogen-bond acceptors (Lipinski definition) is 5. The minimum atomic E-state index is -2.88. The van der Waals surface area contributed by atoms with Gasteiger partial charge in [0.15, 0.2) is 0 Å². The molecule has 8 heteroatoms. The van der Waals surface area contributed by atoms with E-state index < -0.39 is 14.0 Å². The Labute approximate surface area is 181 Å². The molecule has 0 radical (unpaired) electrons. The predicted molar refractivity (Wildman–Crippen MR) is 77.6 cm³/mol. The average molecular weight is 354 g/mol. The van der Waals surface area contributed by atoms with Crippen LogP contribution in [0.1, 0.15) is 61.3 Å². The first-order valence-electron chi connectivity index (χ1n) is 7.09. The Bertz CT molecular complexity index is 272. The average Bonchev–Trinajstić information content (AvgIpc) is 2.35. The van der Waals surface area contributed by atoms with E-state index in [2.05, 4.69) is 4.52 Å². The third-order valence-corrected chi connectivity index (χ3v) is 3.76. The van der Waals surface area contributed by atoms with E-state index in [0.717, 1.165) is 12.8 Å². The van der Waals surface area contributed by atoms with Crippen molar-refractivity contribution in [2.24, 2.45) is 10.8 Å². The minimum absolute atomic E-state index is 0. The quantitative estimate of drug-likeness (QED) is 0.204. The van der Waals surface area contributed by atoms with Gasteiger partial charge in [0.25, 0.3) is 0 Å². The number of carbonyl (C=O) groups excluding carboxylic acids is 1. The van der Waals surface area contributed by atoms with Gasteiger partial charge in [0.05, 0.1) is 12.0 Å².